The van der Waals surface area contributed by atoms with E-state index in [2.05, 4.69) is 53.4 Å². The van der Waals surface area contributed by atoms with Gasteiger partial charge in [-0.1, -0.05) is 56.8 Å². The number of anilines is 1. The predicted octanol–water partition coefficient (Wildman–Crippen LogP) is 4.65. The van der Waals surface area contributed by atoms with Crippen molar-refractivity contribution in [2.75, 3.05) is 5.32 Å². The Labute approximate surface area is 157 Å². The summed E-state index contributed by atoms with van der Waals surface area (Å²) in [6, 6.07) is 15.6. The zero-order valence-corrected chi connectivity index (χ0v) is 15.9. The highest BCUT2D eigenvalue weighted by molar-refractivity contribution is 7.98. The van der Waals surface area contributed by atoms with E-state index in [0.29, 0.717) is 5.56 Å². The van der Waals surface area contributed by atoms with Gasteiger partial charge in [0, 0.05) is 17.0 Å². The molecule has 0 unspecified atom stereocenters. The summed E-state index contributed by atoms with van der Waals surface area (Å²) in [4.78, 5) is 16.5. The molecule has 3 aromatic rings. The number of carbonyl (C=O) groups excluding carboxylic acids is 1. The van der Waals surface area contributed by atoms with E-state index in [9.17, 15) is 4.79 Å². The van der Waals surface area contributed by atoms with Crippen LogP contribution in [0.2, 0.25) is 0 Å². The van der Waals surface area contributed by atoms with Gasteiger partial charge in [0.25, 0.3) is 5.91 Å². The monoisotopic (exact) mass is 366 g/mol. The largest absolute Gasteiger partial charge is 0.322 e. The molecule has 6 heteroatoms. The number of rotatable bonds is 5. The minimum Gasteiger partial charge on any atom is -0.322 e. The van der Waals surface area contributed by atoms with Crippen LogP contribution in [0, 0.1) is 0 Å². The number of hydrogen-bond acceptors (Lipinski definition) is 4. The van der Waals surface area contributed by atoms with Crippen LogP contribution in [0.5, 0.6) is 0 Å². The lowest BCUT2D eigenvalue weighted by molar-refractivity contribution is 0.102. The Bertz CT molecular complexity index is 850. The van der Waals surface area contributed by atoms with Crippen molar-refractivity contribution >= 4 is 23.4 Å². The number of carbonyl (C=O) groups is 1. The molecule has 0 fully saturated rings. The molecule has 5 nitrogen and oxygen atoms in total. The molecule has 3 rings (SSSR count). The van der Waals surface area contributed by atoms with E-state index in [1.165, 1.54) is 11.9 Å². The van der Waals surface area contributed by atoms with E-state index in [1.54, 1.807) is 11.8 Å². The van der Waals surface area contributed by atoms with Gasteiger partial charge in [-0.25, -0.2) is 4.98 Å². The average Bonchev–Trinajstić information content (AvgIpc) is 3.13. The minimum absolute atomic E-state index is 0.0993. The first kappa shape index (κ1) is 18.2. The molecule has 0 spiro atoms. The molecule has 2 N–H and O–H groups in total. The van der Waals surface area contributed by atoms with Crippen LogP contribution in [0.25, 0.3) is 0 Å². The lowest BCUT2D eigenvalue weighted by Crippen LogP contribution is -2.13. The first-order valence-electron chi connectivity index (χ1n) is 8.41. The van der Waals surface area contributed by atoms with Crippen LogP contribution in [-0.2, 0) is 11.2 Å². The van der Waals surface area contributed by atoms with Crippen LogP contribution in [0.1, 0.15) is 42.3 Å². The Morgan fingerprint density at radius 3 is 2.35 bits per heavy atom. The van der Waals surface area contributed by atoms with Crippen LogP contribution < -0.4 is 5.32 Å². The Hall–Kier alpha value is -2.60. The molecule has 26 heavy (non-hydrogen) atoms. The fraction of sp³-hybridized carbons (Fsp3) is 0.250. The zero-order valence-electron chi connectivity index (χ0n) is 15.1. The molecule has 0 aliphatic rings. The topological polar surface area (TPSA) is 70.7 Å². The molecule has 0 aliphatic heterocycles. The van der Waals surface area contributed by atoms with E-state index in [-0.39, 0.29) is 11.3 Å². The van der Waals surface area contributed by atoms with Gasteiger partial charge in [0.1, 0.15) is 6.33 Å². The molecular weight excluding hydrogens is 344 g/mol. The molecule has 0 aliphatic carbocycles. The number of hydrogen-bond donors (Lipinski definition) is 2. The van der Waals surface area contributed by atoms with Crippen LogP contribution in [-0.4, -0.2) is 21.1 Å². The van der Waals surface area contributed by atoms with Crippen LogP contribution in [0.4, 0.5) is 5.69 Å². The molecule has 134 valence electrons. The third kappa shape index (κ3) is 4.73. The van der Waals surface area contributed by atoms with Crippen molar-refractivity contribution in [3.8, 4) is 0 Å². The number of nitrogens with one attached hydrogen (secondary N) is 2. The van der Waals surface area contributed by atoms with E-state index in [1.807, 2.05) is 36.4 Å². The van der Waals surface area contributed by atoms with Crippen molar-refractivity contribution in [1.29, 1.82) is 0 Å². The number of benzene rings is 2. The molecule has 2 aromatic carbocycles. The smallest absolute Gasteiger partial charge is 0.255 e. The van der Waals surface area contributed by atoms with Gasteiger partial charge >= 0.3 is 0 Å². The molecule has 1 aromatic heterocycles. The summed E-state index contributed by atoms with van der Waals surface area (Å²) in [6.45, 7) is 6.51. The summed E-state index contributed by atoms with van der Waals surface area (Å²) in [5.41, 5.74) is 3.90. The van der Waals surface area contributed by atoms with Gasteiger partial charge in [0.05, 0.1) is 0 Å². The normalized spacial score (nSPS) is 11.3. The Kier molecular flexibility index (Phi) is 5.42. The highest BCUT2D eigenvalue weighted by Crippen LogP contribution is 2.24. The number of amides is 1. The van der Waals surface area contributed by atoms with Crippen molar-refractivity contribution in [3.05, 3.63) is 71.5 Å². The maximum absolute atomic E-state index is 12.4. The van der Waals surface area contributed by atoms with E-state index < -0.39 is 0 Å². The second-order valence-corrected chi connectivity index (χ2v) is 8.02. The van der Waals surface area contributed by atoms with Crippen LogP contribution >= 0.6 is 11.8 Å². The summed E-state index contributed by atoms with van der Waals surface area (Å²) in [5.74, 6) is 0.661. The maximum Gasteiger partial charge on any atom is 0.255 e. The van der Waals surface area contributed by atoms with Crippen molar-refractivity contribution < 1.29 is 4.79 Å². The lowest BCUT2D eigenvalue weighted by Gasteiger charge is -2.19. The Balaban J connectivity index is 1.59. The van der Waals surface area contributed by atoms with Crippen LogP contribution in [0.15, 0.2) is 60.0 Å². The first-order valence-corrected chi connectivity index (χ1v) is 9.39. The van der Waals surface area contributed by atoms with Gasteiger partial charge in [0.15, 0.2) is 5.16 Å². The predicted molar refractivity (Wildman–Crippen MR) is 105 cm³/mol. The summed E-state index contributed by atoms with van der Waals surface area (Å²) in [6.07, 6.45) is 1.49. The van der Waals surface area contributed by atoms with E-state index in [4.69, 9.17) is 0 Å². The molecule has 0 saturated carbocycles. The summed E-state index contributed by atoms with van der Waals surface area (Å²) < 4.78 is 0. The minimum atomic E-state index is -0.108. The SMILES string of the molecule is CC(C)(C)c1ccc(NC(=O)c2ccc(CSc3ncn[nH]3)cc2)cc1. The number of H-pyrrole nitrogens is 1. The quantitative estimate of drug-likeness (QED) is 0.645. The van der Waals surface area contributed by atoms with Gasteiger partial charge in [-0.15, -0.1) is 0 Å². The Morgan fingerprint density at radius 2 is 1.77 bits per heavy atom. The highest BCUT2D eigenvalue weighted by atomic mass is 32.2. The third-order valence-electron chi connectivity index (χ3n) is 3.99. The van der Waals surface area contributed by atoms with Crippen molar-refractivity contribution in [1.82, 2.24) is 15.2 Å². The van der Waals surface area contributed by atoms with E-state index in [0.717, 1.165) is 22.2 Å². The van der Waals surface area contributed by atoms with Gasteiger partial charge in [0.2, 0.25) is 0 Å². The van der Waals surface area contributed by atoms with E-state index >= 15 is 0 Å². The van der Waals surface area contributed by atoms with Gasteiger partial charge < -0.3 is 5.32 Å². The second kappa shape index (κ2) is 7.74. The fourth-order valence-electron chi connectivity index (χ4n) is 2.42. The molecular formula is C20H22N4OS. The molecule has 0 atom stereocenters. The van der Waals surface area contributed by atoms with Crippen molar-refractivity contribution in [2.45, 2.75) is 37.1 Å². The maximum atomic E-state index is 12.4. The third-order valence-corrected chi connectivity index (χ3v) is 4.94. The van der Waals surface area contributed by atoms with Crippen LogP contribution in [0.3, 0.4) is 0 Å². The molecule has 1 amide bonds. The summed E-state index contributed by atoms with van der Waals surface area (Å²) in [7, 11) is 0. The lowest BCUT2D eigenvalue weighted by atomic mass is 9.87. The van der Waals surface area contributed by atoms with Crippen molar-refractivity contribution in [2.24, 2.45) is 0 Å². The zero-order chi connectivity index (χ0) is 18.6. The fourth-order valence-corrected chi connectivity index (χ4v) is 3.16. The molecule has 0 bridgehead atoms. The molecule has 0 radical (unpaired) electrons. The highest BCUT2D eigenvalue weighted by Gasteiger charge is 2.13. The van der Waals surface area contributed by atoms with Gasteiger partial charge in [-0.2, -0.15) is 5.10 Å². The van der Waals surface area contributed by atoms with Crippen molar-refractivity contribution in [3.63, 3.8) is 0 Å². The van der Waals surface area contributed by atoms with Gasteiger partial charge in [-0.3, -0.25) is 9.89 Å². The summed E-state index contributed by atoms with van der Waals surface area (Å²) in [5, 5.41) is 10.4. The van der Waals surface area contributed by atoms with Gasteiger partial charge in [-0.05, 0) is 40.8 Å². The number of aromatic nitrogens is 3. The first-order chi connectivity index (χ1) is 12.4. The second-order valence-electron chi connectivity index (χ2n) is 7.06. The number of nitrogens with zero attached hydrogens (tertiary/aromatic N) is 2. The summed E-state index contributed by atoms with van der Waals surface area (Å²) >= 11 is 1.57. The average molecular weight is 366 g/mol. The Morgan fingerprint density at radius 1 is 1.08 bits per heavy atom. The number of thioether (sulfide) groups is 1. The molecule has 1 heterocycles. The standard InChI is InChI=1S/C20H22N4OS/c1-20(2,3)16-8-10-17(11-9-16)23-18(25)15-6-4-14(5-7-15)12-26-19-21-13-22-24-19/h4-11,13H,12H2,1-3H3,(H,23,25)(H,21,22,24). The number of aromatic amines is 1. The molecule has 0 saturated heterocycles.